The third-order valence-electron chi connectivity index (χ3n) is 2.94. The smallest absolute Gasteiger partial charge is 0.0332 e. The maximum atomic E-state index is 3.87. The highest BCUT2D eigenvalue weighted by Gasteiger charge is 2.14. The molecule has 0 bridgehead atoms. The monoisotopic (exact) mass is 227 g/mol. The van der Waals surface area contributed by atoms with E-state index < -0.39 is 0 Å². The van der Waals surface area contributed by atoms with Crippen molar-refractivity contribution in [3.8, 4) is 0 Å². The summed E-state index contributed by atoms with van der Waals surface area (Å²) in [7, 11) is 0. The van der Waals surface area contributed by atoms with Crippen LogP contribution in [0.4, 0.5) is 0 Å². The van der Waals surface area contributed by atoms with Crippen molar-refractivity contribution >= 4 is 6.08 Å². The van der Waals surface area contributed by atoms with Crippen LogP contribution in [-0.4, -0.2) is 18.0 Å². The molecule has 1 atom stereocenters. The zero-order valence-corrected chi connectivity index (χ0v) is 10.6. The second kappa shape index (κ2) is 6.87. The minimum Gasteiger partial charge on any atom is -0.289 e. The van der Waals surface area contributed by atoms with Gasteiger partial charge in [-0.15, -0.1) is 13.2 Å². The van der Waals surface area contributed by atoms with E-state index in [4.69, 9.17) is 0 Å². The highest BCUT2D eigenvalue weighted by molar-refractivity contribution is 5.52. The largest absolute Gasteiger partial charge is 0.289 e. The van der Waals surface area contributed by atoms with Crippen LogP contribution in [0.2, 0.25) is 0 Å². The van der Waals surface area contributed by atoms with Crippen molar-refractivity contribution in [3.05, 3.63) is 67.3 Å². The first-order valence-electron chi connectivity index (χ1n) is 5.91. The number of benzene rings is 1. The SMILES string of the molecule is C=CCN(CC=C)C(C)c1ccccc1C=C. The normalized spacial score (nSPS) is 12.1. The third-order valence-corrected chi connectivity index (χ3v) is 2.94. The molecule has 0 aliphatic rings. The Morgan fingerprint density at radius 3 is 2.24 bits per heavy atom. The molecule has 1 heteroatoms. The predicted molar refractivity (Wildman–Crippen MR) is 76.9 cm³/mol. The van der Waals surface area contributed by atoms with Crippen LogP contribution in [0.3, 0.4) is 0 Å². The number of hydrogen-bond donors (Lipinski definition) is 0. The minimum atomic E-state index is 0.334. The highest BCUT2D eigenvalue weighted by Crippen LogP contribution is 2.24. The first-order chi connectivity index (χ1) is 8.24. The minimum absolute atomic E-state index is 0.334. The van der Waals surface area contributed by atoms with Crippen LogP contribution in [-0.2, 0) is 0 Å². The maximum Gasteiger partial charge on any atom is 0.0332 e. The molecule has 90 valence electrons. The van der Waals surface area contributed by atoms with E-state index in [1.165, 1.54) is 11.1 Å². The summed E-state index contributed by atoms with van der Waals surface area (Å²) in [4.78, 5) is 2.32. The Balaban J connectivity index is 2.98. The lowest BCUT2D eigenvalue weighted by Gasteiger charge is -2.28. The van der Waals surface area contributed by atoms with Crippen molar-refractivity contribution in [2.75, 3.05) is 13.1 Å². The van der Waals surface area contributed by atoms with Crippen LogP contribution in [0, 0.1) is 0 Å². The Kier molecular flexibility index (Phi) is 5.44. The van der Waals surface area contributed by atoms with E-state index in [-0.39, 0.29) is 0 Å². The van der Waals surface area contributed by atoms with E-state index in [0.717, 1.165) is 13.1 Å². The Labute approximate surface area is 105 Å². The molecule has 1 unspecified atom stereocenters. The number of hydrogen-bond acceptors (Lipinski definition) is 1. The standard InChI is InChI=1S/C16H21N/c1-5-12-17(13-6-2)14(4)16-11-9-8-10-15(16)7-3/h5-11,14H,1-3,12-13H2,4H3. The Morgan fingerprint density at radius 1 is 1.12 bits per heavy atom. The lowest BCUT2D eigenvalue weighted by molar-refractivity contribution is 0.260. The van der Waals surface area contributed by atoms with Gasteiger partial charge in [0.2, 0.25) is 0 Å². The molecule has 1 aromatic carbocycles. The van der Waals surface area contributed by atoms with Crippen LogP contribution in [0.15, 0.2) is 56.2 Å². The summed E-state index contributed by atoms with van der Waals surface area (Å²) in [5.41, 5.74) is 2.49. The summed E-state index contributed by atoms with van der Waals surface area (Å²) in [6, 6.07) is 8.69. The van der Waals surface area contributed by atoms with Crippen molar-refractivity contribution in [2.24, 2.45) is 0 Å². The molecule has 0 radical (unpaired) electrons. The molecule has 1 rings (SSSR count). The average Bonchev–Trinajstić information content (AvgIpc) is 2.37. The molecule has 1 aromatic rings. The number of nitrogens with zero attached hydrogens (tertiary/aromatic N) is 1. The molecule has 1 nitrogen and oxygen atoms in total. The van der Waals surface area contributed by atoms with Gasteiger partial charge in [0.25, 0.3) is 0 Å². The fourth-order valence-electron chi connectivity index (χ4n) is 2.00. The molecule has 0 aromatic heterocycles. The van der Waals surface area contributed by atoms with Gasteiger partial charge in [-0.2, -0.15) is 0 Å². The molecule has 0 aliphatic carbocycles. The van der Waals surface area contributed by atoms with Crippen LogP contribution in [0.5, 0.6) is 0 Å². The molecular weight excluding hydrogens is 206 g/mol. The quantitative estimate of drug-likeness (QED) is 0.635. The lowest BCUT2D eigenvalue weighted by Crippen LogP contribution is -2.27. The lowest BCUT2D eigenvalue weighted by atomic mass is 10.00. The van der Waals surface area contributed by atoms with Crippen molar-refractivity contribution in [1.29, 1.82) is 0 Å². The van der Waals surface area contributed by atoms with Gasteiger partial charge in [0, 0.05) is 19.1 Å². The Hall–Kier alpha value is -1.60. The van der Waals surface area contributed by atoms with Crippen LogP contribution < -0.4 is 0 Å². The van der Waals surface area contributed by atoms with E-state index in [2.05, 4.69) is 49.8 Å². The van der Waals surface area contributed by atoms with Crippen molar-refractivity contribution < 1.29 is 0 Å². The Morgan fingerprint density at radius 2 is 1.71 bits per heavy atom. The molecule has 0 amide bonds. The molecule has 0 fully saturated rings. The second-order valence-corrected chi connectivity index (χ2v) is 4.04. The van der Waals surface area contributed by atoms with Gasteiger partial charge in [0.1, 0.15) is 0 Å². The third kappa shape index (κ3) is 3.43. The maximum absolute atomic E-state index is 3.87. The molecular formula is C16H21N. The highest BCUT2D eigenvalue weighted by atomic mass is 15.1. The van der Waals surface area contributed by atoms with Crippen molar-refractivity contribution in [3.63, 3.8) is 0 Å². The summed E-state index contributed by atoms with van der Waals surface area (Å²) in [6.07, 6.45) is 5.76. The fraction of sp³-hybridized carbons (Fsp3) is 0.250. The van der Waals surface area contributed by atoms with Gasteiger partial charge in [-0.25, -0.2) is 0 Å². The van der Waals surface area contributed by atoms with Crippen molar-refractivity contribution in [1.82, 2.24) is 4.90 Å². The zero-order chi connectivity index (χ0) is 12.7. The van der Waals surface area contributed by atoms with E-state index in [0.29, 0.717) is 6.04 Å². The average molecular weight is 227 g/mol. The molecule has 17 heavy (non-hydrogen) atoms. The van der Waals surface area contributed by atoms with Crippen LogP contribution in [0.25, 0.3) is 6.08 Å². The van der Waals surface area contributed by atoms with Gasteiger partial charge < -0.3 is 0 Å². The van der Waals surface area contributed by atoms with E-state index in [1.807, 2.05) is 24.3 Å². The molecule has 0 N–H and O–H groups in total. The molecule has 0 saturated heterocycles. The first kappa shape index (κ1) is 13.5. The van der Waals surface area contributed by atoms with Crippen LogP contribution >= 0.6 is 0 Å². The second-order valence-electron chi connectivity index (χ2n) is 4.04. The van der Waals surface area contributed by atoms with Crippen LogP contribution in [0.1, 0.15) is 24.1 Å². The fourth-order valence-corrected chi connectivity index (χ4v) is 2.00. The Bertz CT molecular complexity index is 382. The molecule has 0 aliphatic heterocycles. The van der Waals surface area contributed by atoms with Gasteiger partial charge in [-0.05, 0) is 18.1 Å². The summed E-state index contributed by atoms with van der Waals surface area (Å²) >= 11 is 0. The summed E-state index contributed by atoms with van der Waals surface area (Å²) in [6.45, 7) is 15.4. The topological polar surface area (TPSA) is 3.24 Å². The number of rotatable bonds is 7. The van der Waals surface area contributed by atoms with E-state index >= 15 is 0 Å². The van der Waals surface area contributed by atoms with Gasteiger partial charge in [-0.3, -0.25) is 4.90 Å². The van der Waals surface area contributed by atoms with Gasteiger partial charge in [0.05, 0.1) is 0 Å². The van der Waals surface area contributed by atoms with Gasteiger partial charge >= 0.3 is 0 Å². The van der Waals surface area contributed by atoms with E-state index in [9.17, 15) is 0 Å². The first-order valence-corrected chi connectivity index (χ1v) is 5.91. The zero-order valence-electron chi connectivity index (χ0n) is 10.6. The van der Waals surface area contributed by atoms with E-state index in [1.54, 1.807) is 0 Å². The summed E-state index contributed by atoms with van der Waals surface area (Å²) in [5, 5.41) is 0. The predicted octanol–water partition coefficient (Wildman–Crippen LogP) is 4.06. The molecule has 0 heterocycles. The van der Waals surface area contributed by atoms with Gasteiger partial charge in [0.15, 0.2) is 0 Å². The molecule has 0 saturated carbocycles. The summed E-state index contributed by atoms with van der Waals surface area (Å²) in [5.74, 6) is 0. The summed E-state index contributed by atoms with van der Waals surface area (Å²) < 4.78 is 0. The van der Waals surface area contributed by atoms with Gasteiger partial charge in [-0.1, -0.05) is 49.1 Å². The molecule has 0 spiro atoms. The van der Waals surface area contributed by atoms with Crippen molar-refractivity contribution in [2.45, 2.75) is 13.0 Å².